The van der Waals surface area contributed by atoms with Crippen LogP contribution in [-0.2, 0) is 6.54 Å². The van der Waals surface area contributed by atoms with E-state index < -0.39 is 0 Å². The number of tetrazole rings is 1. The lowest BCUT2D eigenvalue weighted by Gasteiger charge is -2.08. The fourth-order valence-corrected chi connectivity index (χ4v) is 2.33. The van der Waals surface area contributed by atoms with Crippen LogP contribution in [0.1, 0.15) is 5.82 Å². The summed E-state index contributed by atoms with van der Waals surface area (Å²) in [5.74, 6) is 1.48. The van der Waals surface area contributed by atoms with E-state index in [1.807, 2.05) is 30.3 Å². The van der Waals surface area contributed by atoms with E-state index in [-0.39, 0.29) is 6.54 Å². The summed E-state index contributed by atoms with van der Waals surface area (Å²) in [4.78, 5) is 17.6. The second kappa shape index (κ2) is 6.49. The molecule has 0 aliphatic heterocycles. The fraction of sp³-hybridized carbons (Fsp3) is 0.0625. The van der Waals surface area contributed by atoms with Crippen molar-refractivity contribution in [2.45, 2.75) is 6.54 Å². The molecule has 25 heavy (non-hydrogen) atoms. The molecule has 4 heterocycles. The van der Waals surface area contributed by atoms with Crippen LogP contribution in [0.25, 0.3) is 28.6 Å². The SMILES string of the molecule is NCc1nnnn1-c1cc(-c2cccnc2)nc(-c2ccccn2)n1. The molecule has 0 spiro atoms. The Balaban J connectivity index is 1.92. The van der Waals surface area contributed by atoms with E-state index in [2.05, 4.69) is 35.5 Å². The Morgan fingerprint density at radius 2 is 1.96 bits per heavy atom. The summed E-state index contributed by atoms with van der Waals surface area (Å²) in [6, 6.07) is 11.1. The van der Waals surface area contributed by atoms with Gasteiger partial charge in [-0.15, -0.1) is 5.10 Å². The van der Waals surface area contributed by atoms with Crippen LogP contribution in [0.4, 0.5) is 0 Å². The molecule has 0 amide bonds. The predicted octanol–water partition coefficient (Wildman–Crippen LogP) is 1.03. The van der Waals surface area contributed by atoms with Crippen LogP contribution >= 0.6 is 0 Å². The maximum Gasteiger partial charge on any atom is 0.180 e. The van der Waals surface area contributed by atoms with Gasteiger partial charge < -0.3 is 5.73 Å². The Kier molecular flexibility index (Phi) is 3.89. The molecule has 0 bridgehead atoms. The molecule has 0 radical (unpaired) electrons. The Hall–Kier alpha value is -3.59. The first-order chi connectivity index (χ1) is 12.3. The zero-order chi connectivity index (χ0) is 17.1. The molecule has 4 rings (SSSR count). The minimum Gasteiger partial charge on any atom is -0.324 e. The van der Waals surface area contributed by atoms with Gasteiger partial charge in [0, 0.05) is 30.2 Å². The van der Waals surface area contributed by atoms with Crippen LogP contribution in [0.3, 0.4) is 0 Å². The van der Waals surface area contributed by atoms with Gasteiger partial charge in [-0.3, -0.25) is 9.97 Å². The highest BCUT2D eigenvalue weighted by Gasteiger charge is 2.14. The quantitative estimate of drug-likeness (QED) is 0.588. The normalized spacial score (nSPS) is 10.8. The number of rotatable bonds is 4. The van der Waals surface area contributed by atoms with Crippen LogP contribution < -0.4 is 5.73 Å². The predicted molar refractivity (Wildman–Crippen MR) is 89.1 cm³/mol. The first-order valence-corrected chi connectivity index (χ1v) is 7.54. The zero-order valence-corrected chi connectivity index (χ0v) is 13.1. The lowest BCUT2D eigenvalue weighted by atomic mass is 10.2. The van der Waals surface area contributed by atoms with Gasteiger partial charge in [0.25, 0.3) is 0 Å². The summed E-state index contributed by atoms with van der Waals surface area (Å²) in [5.41, 5.74) is 7.90. The molecule has 2 N–H and O–H groups in total. The summed E-state index contributed by atoms with van der Waals surface area (Å²) >= 11 is 0. The largest absolute Gasteiger partial charge is 0.324 e. The molecule has 0 atom stereocenters. The average Bonchev–Trinajstić information content (AvgIpc) is 3.18. The second-order valence-electron chi connectivity index (χ2n) is 5.10. The van der Waals surface area contributed by atoms with Crippen LogP contribution in [0.15, 0.2) is 55.0 Å². The highest BCUT2D eigenvalue weighted by Crippen LogP contribution is 2.22. The van der Waals surface area contributed by atoms with Gasteiger partial charge >= 0.3 is 0 Å². The van der Waals surface area contributed by atoms with Gasteiger partial charge in [-0.05, 0) is 34.7 Å². The van der Waals surface area contributed by atoms with Gasteiger partial charge in [0.15, 0.2) is 17.5 Å². The van der Waals surface area contributed by atoms with E-state index >= 15 is 0 Å². The zero-order valence-electron chi connectivity index (χ0n) is 13.1. The van der Waals surface area contributed by atoms with Crippen molar-refractivity contribution in [1.82, 2.24) is 40.1 Å². The minimum atomic E-state index is 0.193. The number of nitrogens with two attached hydrogens (primary N) is 1. The lowest BCUT2D eigenvalue weighted by Crippen LogP contribution is -2.11. The molecule has 122 valence electrons. The molecule has 0 aliphatic carbocycles. The number of hydrogen-bond donors (Lipinski definition) is 1. The van der Waals surface area contributed by atoms with Gasteiger partial charge in [0.05, 0.1) is 12.2 Å². The first kappa shape index (κ1) is 15.0. The van der Waals surface area contributed by atoms with Gasteiger partial charge in [-0.25, -0.2) is 9.97 Å². The van der Waals surface area contributed by atoms with Crippen molar-refractivity contribution in [3.63, 3.8) is 0 Å². The van der Waals surface area contributed by atoms with Crippen molar-refractivity contribution < 1.29 is 0 Å². The highest BCUT2D eigenvalue weighted by molar-refractivity contribution is 5.63. The number of hydrogen-bond acceptors (Lipinski definition) is 8. The van der Waals surface area contributed by atoms with Gasteiger partial charge in [-0.2, -0.15) is 4.68 Å². The van der Waals surface area contributed by atoms with E-state index in [4.69, 9.17) is 5.73 Å². The summed E-state index contributed by atoms with van der Waals surface area (Å²) in [5, 5.41) is 11.5. The van der Waals surface area contributed by atoms with E-state index in [1.54, 1.807) is 24.7 Å². The van der Waals surface area contributed by atoms with Crippen molar-refractivity contribution in [3.8, 4) is 28.6 Å². The monoisotopic (exact) mass is 331 g/mol. The smallest absolute Gasteiger partial charge is 0.180 e. The van der Waals surface area contributed by atoms with Gasteiger partial charge in [0.1, 0.15) is 5.69 Å². The fourth-order valence-electron chi connectivity index (χ4n) is 2.33. The average molecular weight is 331 g/mol. The Morgan fingerprint density at radius 1 is 1.00 bits per heavy atom. The maximum atomic E-state index is 5.70. The molecule has 4 aromatic heterocycles. The Morgan fingerprint density at radius 3 is 2.72 bits per heavy atom. The number of pyridine rings is 2. The second-order valence-corrected chi connectivity index (χ2v) is 5.10. The van der Waals surface area contributed by atoms with Crippen molar-refractivity contribution in [2.24, 2.45) is 5.73 Å². The van der Waals surface area contributed by atoms with Crippen molar-refractivity contribution >= 4 is 0 Å². The molecular formula is C16H13N9. The molecule has 9 heteroatoms. The molecule has 9 nitrogen and oxygen atoms in total. The maximum absolute atomic E-state index is 5.70. The van der Waals surface area contributed by atoms with Crippen molar-refractivity contribution in [2.75, 3.05) is 0 Å². The van der Waals surface area contributed by atoms with Crippen LogP contribution in [0, 0.1) is 0 Å². The Bertz CT molecular complexity index is 925. The first-order valence-electron chi connectivity index (χ1n) is 7.54. The molecule has 0 saturated carbocycles. The molecule has 0 fully saturated rings. The summed E-state index contributed by atoms with van der Waals surface area (Å²) in [6.07, 6.45) is 5.13. The van der Waals surface area contributed by atoms with E-state index in [0.717, 1.165) is 5.56 Å². The van der Waals surface area contributed by atoms with Crippen LogP contribution in [0.5, 0.6) is 0 Å². The van der Waals surface area contributed by atoms with E-state index in [1.165, 1.54) is 4.68 Å². The molecular weight excluding hydrogens is 318 g/mol. The summed E-state index contributed by atoms with van der Waals surface area (Å²) in [6.45, 7) is 0.193. The number of nitrogens with zero attached hydrogens (tertiary/aromatic N) is 8. The Labute approximate surface area is 142 Å². The van der Waals surface area contributed by atoms with E-state index in [9.17, 15) is 0 Å². The third-order valence-corrected chi connectivity index (χ3v) is 3.50. The van der Waals surface area contributed by atoms with E-state index in [0.29, 0.717) is 28.9 Å². The van der Waals surface area contributed by atoms with Gasteiger partial charge in [0.2, 0.25) is 0 Å². The van der Waals surface area contributed by atoms with Crippen LogP contribution in [0.2, 0.25) is 0 Å². The molecule has 0 aliphatic rings. The molecule has 4 aromatic rings. The van der Waals surface area contributed by atoms with Crippen molar-refractivity contribution in [3.05, 3.63) is 60.8 Å². The molecule has 0 unspecified atom stereocenters. The third-order valence-electron chi connectivity index (χ3n) is 3.50. The van der Waals surface area contributed by atoms with Crippen molar-refractivity contribution in [1.29, 1.82) is 0 Å². The third kappa shape index (κ3) is 2.95. The highest BCUT2D eigenvalue weighted by atomic mass is 15.6. The molecule has 0 saturated heterocycles. The number of aromatic nitrogens is 8. The summed E-state index contributed by atoms with van der Waals surface area (Å²) in [7, 11) is 0. The minimum absolute atomic E-state index is 0.193. The lowest BCUT2D eigenvalue weighted by molar-refractivity contribution is 0.740. The van der Waals surface area contributed by atoms with Gasteiger partial charge in [-0.1, -0.05) is 6.07 Å². The molecule has 0 aromatic carbocycles. The topological polar surface area (TPSA) is 121 Å². The standard InChI is InChI=1S/C16H13N9/c17-9-15-22-23-24-25(15)14-8-13(11-4-3-6-18-10-11)20-16(21-14)12-5-1-2-7-19-12/h1-8,10H,9,17H2. The summed E-state index contributed by atoms with van der Waals surface area (Å²) < 4.78 is 1.49. The van der Waals surface area contributed by atoms with Crippen LogP contribution in [-0.4, -0.2) is 40.1 Å².